The Bertz CT molecular complexity index is 1090. The van der Waals surface area contributed by atoms with Gasteiger partial charge >= 0.3 is 0 Å². The van der Waals surface area contributed by atoms with E-state index in [0.717, 1.165) is 22.9 Å². The van der Waals surface area contributed by atoms with Crippen LogP contribution in [0.2, 0.25) is 0 Å². The zero-order chi connectivity index (χ0) is 23.2. The molecule has 2 aromatic carbocycles. The summed E-state index contributed by atoms with van der Waals surface area (Å²) in [7, 11) is 1.66. The number of hydrogen-bond donors (Lipinski definition) is 0. The lowest BCUT2D eigenvalue weighted by Crippen LogP contribution is -2.32. The van der Waals surface area contributed by atoms with E-state index < -0.39 is 0 Å². The normalized spacial score (nSPS) is 12.1. The van der Waals surface area contributed by atoms with Gasteiger partial charge in [0, 0.05) is 31.2 Å². The van der Waals surface area contributed by atoms with Gasteiger partial charge in [-0.3, -0.25) is 4.79 Å². The van der Waals surface area contributed by atoms with Crippen molar-refractivity contribution in [1.29, 1.82) is 0 Å². The molecule has 7 nitrogen and oxygen atoms in total. The molecule has 0 N–H and O–H groups in total. The fraction of sp³-hybridized carbons (Fsp3) is 0.360. The molecule has 0 spiro atoms. The summed E-state index contributed by atoms with van der Waals surface area (Å²) in [5, 5.41) is 2.85. The molecule has 8 heteroatoms. The topological polar surface area (TPSA) is 70.1 Å². The molecule has 3 aromatic rings. The zero-order valence-electron chi connectivity index (χ0n) is 19.1. The second-order valence-electron chi connectivity index (χ2n) is 7.99. The summed E-state index contributed by atoms with van der Waals surface area (Å²) >= 11 is 1.54. The SMILES string of the molecule is COCCCN(Cc1csc(COc2cc(C)cc(C)c2)n1)C(=O)c1ccc2c(c1)OCO2. The molecule has 1 aliphatic heterocycles. The van der Waals surface area contributed by atoms with Crippen molar-refractivity contribution in [2.45, 2.75) is 33.4 Å². The van der Waals surface area contributed by atoms with Crippen LogP contribution in [-0.2, 0) is 17.9 Å². The summed E-state index contributed by atoms with van der Waals surface area (Å²) in [6.07, 6.45) is 0.736. The summed E-state index contributed by atoms with van der Waals surface area (Å²) in [6.45, 7) is 6.23. The molecule has 0 fully saturated rings. The van der Waals surface area contributed by atoms with Crippen LogP contribution in [0.3, 0.4) is 0 Å². The van der Waals surface area contributed by atoms with Gasteiger partial charge in [-0.05, 0) is 61.7 Å². The Kier molecular flexibility index (Phi) is 7.47. The highest BCUT2D eigenvalue weighted by atomic mass is 32.1. The standard InChI is InChI=1S/C25H28N2O5S/c1-17-9-18(2)11-21(10-17)30-14-24-26-20(15-33-24)13-27(7-4-8-29-3)25(28)19-5-6-22-23(12-19)32-16-31-22/h5-6,9-12,15H,4,7-8,13-14,16H2,1-3H3. The second-order valence-corrected chi connectivity index (χ2v) is 8.93. The summed E-state index contributed by atoms with van der Waals surface area (Å²) < 4.78 is 21.9. The fourth-order valence-corrected chi connectivity index (χ4v) is 4.41. The van der Waals surface area contributed by atoms with Crippen molar-refractivity contribution in [3.8, 4) is 17.2 Å². The maximum absolute atomic E-state index is 13.3. The van der Waals surface area contributed by atoms with Crippen LogP contribution in [0, 0.1) is 13.8 Å². The van der Waals surface area contributed by atoms with E-state index in [2.05, 4.69) is 19.9 Å². The average molecular weight is 469 g/mol. The Morgan fingerprint density at radius 3 is 2.70 bits per heavy atom. The molecule has 33 heavy (non-hydrogen) atoms. The van der Waals surface area contributed by atoms with Crippen molar-refractivity contribution in [2.24, 2.45) is 0 Å². The molecule has 0 saturated carbocycles. The first kappa shape index (κ1) is 23.1. The molecule has 1 aromatic heterocycles. The maximum Gasteiger partial charge on any atom is 0.254 e. The van der Waals surface area contributed by atoms with Gasteiger partial charge < -0.3 is 23.8 Å². The van der Waals surface area contributed by atoms with Gasteiger partial charge in [-0.15, -0.1) is 11.3 Å². The first-order chi connectivity index (χ1) is 16.0. The van der Waals surface area contributed by atoms with E-state index in [0.29, 0.717) is 43.4 Å². The Labute approximate surface area is 197 Å². The number of carbonyl (C=O) groups is 1. The number of rotatable bonds is 10. The molecule has 0 aliphatic carbocycles. The van der Waals surface area contributed by atoms with Gasteiger partial charge in [0.15, 0.2) is 11.5 Å². The van der Waals surface area contributed by atoms with Crippen LogP contribution in [0.1, 0.15) is 38.6 Å². The van der Waals surface area contributed by atoms with E-state index in [1.165, 1.54) is 22.5 Å². The minimum Gasteiger partial charge on any atom is -0.486 e. The quantitative estimate of drug-likeness (QED) is 0.400. The van der Waals surface area contributed by atoms with Gasteiger partial charge in [0.2, 0.25) is 6.79 Å². The van der Waals surface area contributed by atoms with Crippen molar-refractivity contribution in [3.05, 3.63) is 69.2 Å². The summed E-state index contributed by atoms with van der Waals surface area (Å²) in [6, 6.07) is 11.4. The lowest BCUT2D eigenvalue weighted by Gasteiger charge is -2.22. The van der Waals surface area contributed by atoms with E-state index in [9.17, 15) is 4.79 Å². The molecular weight excluding hydrogens is 440 g/mol. The largest absolute Gasteiger partial charge is 0.486 e. The predicted octanol–water partition coefficient (Wildman–Crippen LogP) is 4.75. The number of ether oxygens (including phenoxy) is 4. The highest BCUT2D eigenvalue weighted by Crippen LogP contribution is 2.33. The number of aryl methyl sites for hydroxylation is 2. The third-order valence-corrected chi connectivity index (χ3v) is 6.06. The van der Waals surface area contributed by atoms with Crippen LogP contribution in [0.25, 0.3) is 0 Å². The minimum absolute atomic E-state index is 0.0783. The number of carbonyl (C=O) groups excluding carboxylic acids is 1. The minimum atomic E-state index is -0.0783. The molecule has 174 valence electrons. The summed E-state index contributed by atoms with van der Waals surface area (Å²) in [4.78, 5) is 19.8. The lowest BCUT2D eigenvalue weighted by molar-refractivity contribution is 0.0721. The monoisotopic (exact) mass is 468 g/mol. The third-order valence-electron chi connectivity index (χ3n) is 5.19. The molecule has 4 rings (SSSR count). The van der Waals surface area contributed by atoms with Crippen molar-refractivity contribution in [3.63, 3.8) is 0 Å². The molecule has 0 radical (unpaired) electrons. The van der Waals surface area contributed by atoms with E-state index in [4.69, 9.17) is 23.9 Å². The summed E-state index contributed by atoms with van der Waals surface area (Å²) in [5.74, 6) is 2.01. The van der Waals surface area contributed by atoms with E-state index in [1.807, 2.05) is 17.5 Å². The van der Waals surface area contributed by atoms with E-state index in [-0.39, 0.29) is 12.7 Å². The molecular formula is C25H28N2O5S. The number of hydrogen-bond acceptors (Lipinski definition) is 7. The van der Waals surface area contributed by atoms with Gasteiger partial charge in [-0.25, -0.2) is 4.98 Å². The third kappa shape index (κ3) is 6.03. The summed E-state index contributed by atoms with van der Waals surface area (Å²) in [5.41, 5.74) is 3.73. The number of methoxy groups -OCH3 is 1. The molecule has 0 saturated heterocycles. The molecule has 0 atom stereocenters. The lowest BCUT2D eigenvalue weighted by atomic mass is 10.1. The molecule has 0 bridgehead atoms. The molecule has 0 unspecified atom stereocenters. The Hall–Kier alpha value is -3.10. The molecule has 1 aliphatic rings. The van der Waals surface area contributed by atoms with Crippen LogP contribution in [0.15, 0.2) is 41.8 Å². The number of thiazole rings is 1. The highest BCUT2D eigenvalue weighted by Gasteiger charge is 2.21. The maximum atomic E-state index is 13.3. The predicted molar refractivity (Wildman–Crippen MR) is 126 cm³/mol. The van der Waals surface area contributed by atoms with Crippen LogP contribution in [0.4, 0.5) is 0 Å². The van der Waals surface area contributed by atoms with Gasteiger partial charge in [-0.2, -0.15) is 0 Å². The Morgan fingerprint density at radius 2 is 1.91 bits per heavy atom. The Balaban J connectivity index is 1.43. The van der Waals surface area contributed by atoms with Crippen LogP contribution < -0.4 is 14.2 Å². The van der Waals surface area contributed by atoms with Gasteiger partial charge in [0.25, 0.3) is 5.91 Å². The smallest absolute Gasteiger partial charge is 0.254 e. The first-order valence-corrected chi connectivity index (χ1v) is 11.7. The number of benzene rings is 2. The van der Waals surface area contributed by atoms with Gasteiger partial charge in [-0.1, -0.05) is 6.07 Å². The van der Waals surface area contributed by atoms with Crippen LogP contribution >= 0.6 is 11.3 Å². The highest BCUT2D eigenvalue weighted by molar-refractivity contribution is 7.09. The number of aromatic nitrogens is 1. The van der Waals surface area contributed by atoms with Crippen molar-refractivity contribution >= 4 is 17.2 Å². The van der Waals surface area contributed by atoms with Crippen LogP contribution in [-0.4, -0.2) is 42.8 Å². The number of nitrogens with zero attached hydrogens (tertiary/aromatic N) is 2. The zero-order valence-corrected chi connectivity index (χ0v) is 19.9. The second kappa shape index (κ2) is 10.7. The van der Waals surface area contributed by atoms with Crippen LogP contribution in [0.5, 0.6) is 17.2 Å². The van der Waals surface area contributed by atoms with E-state index in [1.54, 1.807) is 30.2 Å². The molecule has 2 heterocycles. The molecule has 1 amide bonds. The average Bonchev–Trinajstić information content (AvgIpc) is 3.45. The fourth-order valence-electron chi connectivity index (χ4n) is 3.71. The van der Waals surface area contributed by atoms with E-state index >= 15 is 0 Å². The Morgan fingerprint density at radius 1 is 1.12 bits per heavy atom. The van der Waals surface area contributed by atoms with Crippen molar-refractivity contribution in [2.75, 3.05) is 27.1 Å². The van der Waals surface area contributed by atoms with Gasteiger partial charge in [0.05, 0.1) is 12.2 Å². The first-order valence-electron chi connectivity index (χ1n) is 10.8. The van der Waals surface area contributed by atoms with Crippen molar-refractivity contribution < 1.29 is 23.7 Å². The number of fused-ring (bicyclic) bond motifs is 1. The number of amides is 1. The van der Waals surface area contributed by atoms with Crippen molar-refractivity contribution in [1.82, 2.24) is 9.88 Å². The van der Waals surface area contributed by atoms with Gasteiger partial charge in [0.1, 0.15) is 17.4 Å².